The van der Waals surface area contributed by atoms with E-state index in [1.54, 1.807) is 6.07 Å². The molecule has 1 amide bonds. The van der Waals surface area contributed by atoms with Gasteiger partial charge in [-0.3, -0.25) is 9.59 Å². The molecular weight excluding hydrogens is 290 g/mol. The Morgan fingerprint density at radius 3 is 2.57 bits per heavy atom. The predicted molar refractivity (Wildman–Crippen MR) is 88.4 cm³/mol. The van der Waals surface area contributed by atoms with Crippen LogP contribution < -0.4 is 5.73 Å². The lowest BCUT2D eigenvalue weighted by molar-refractivity contribution is -0.135. The van der Waals surface area contributed by atoms with Gasteiger partial charge in [-0.15, -0.1) is 0 Å². The van der Waals surface area contributed by atoms with Gasteiger partial charge in [-0.2, -0.15) is 0 Å². The van der Waals surface area contributed by atoms with E-state index in [0.29, 0.717) is 12.0 Å². The molecule has 2 aliphatic carbocycles. The number of primary amides is 1. The zero-order valence-electron chi connectivity index (χ0n) is 14.1. The Morgan fingerprint density at radius 1 is 1.26 bits per heavy atom. The fourth-order valence-corrected chi connectivity index (χ4v) is 5.24. The molecule has 3 atom stereocenters. The van der Waals surface area contributed by atoms with Gasteiger partial charge in [0.1, 0.15) is 5.75 Å². The highest BCUT2D eigenvalue weighted by molar-refractivity contribution is 5.98. The molecule has 3 unspecified atom stereocenters. The molecule has 0 heterocycles. The van der Waals surface area contributed by atoms with Crippen molar-refractivity contribution in [2.24, 2.45) is 17.1 Å². The Kier molecular flexibility index (Phi) is 3.54. The highest BCUT2D eigenvalue weighted by Gasteiger charge is 2.54. The summed E-state index contributed by atoms with van der Waals surface area (Å²) >= 11 is 0. The summed E-state index contributed by atoms with van der Waals surface area (Å²) in [6.07, 6.45) is 4.29. The van der Waals surface area contributed by atoms with E-state index < -0.39 is 5.41 Å². The maximum Gasteiger partial charge on any atom is 0.223 e. The van der Waals surface area contributed by atoms with Gasteiger partial charge in [0.05, 0.1) is 5.56 Å². The van der Waals surface area contributed by atoms with Crippen LogP contribution in [0.5, 0.6) is 5.75 Å². The zero-order valence-corrected chi connectivity index (χ0v) is 14.1. The average molecular weight is 315 g/mol. The number of benzene rings is 1. The van der Waals surface area contributed by atoms with Crippen molar-refractivity contribution in [1.82, 2.24) is 0 Å². The Hall–Kier alpha value is -1.84. The highest BCUT2D eigenvalue weighted by atomic mass is 16.3. The first kappa shape index (κ1) is 16.0. The number of phenolic OH excluding ortho intramolecular Hbond substituents is 1. The number of ketones is 1. The lowest BCUT2D eigenvalue weighted by Gasteiger charge is -2.54. The summed E-state index contributed by atoms with van der Waals surface area (Å²) < 4.78 is 0. The second kappa shape index (κ2) is 5.08. The fraction of sp³-hybridized carbons (Fsp3) is 0.579. The lowest BCUT2D eigenvalue weighted by atomic mass is 9.49. The Labute approximate surface area is 137 Å². The minimum absolute atomic E-state index is 0.0618. The second-order valence-corrected chi connectivity index (χ2v) is 7.69. The normalized spacial score (nSPS) is 32.7. The minimum atomic E-state index is -0.501. The van der Waals surface area contributed by atoms with E-state index in [9.17, 15) is 14.7 Å². The molecule has 0 radical (unpaired) electrons. The second-order valence-electron chi connectivity index (χ2n) is 7.69. The van der Waals surface area contributed by atoms with Crippen LogP contribution in [0.3, 0.4) is 0 Å². The first-order valence-electron chi connectivity index (χ1n) is 8.38. The number of rotatable bonds is 2. The van der Waals surface area contributed by atoms with Gasteiger partial charge in [-0.05, 0) is 61.1 Å². The van der Waals surface area contributed by atoms with Gasteiger partial charge in [0, 0.05) is 5.41 Å². The van der Waals surface area contributed by atoms with Crippen LogP contribution in [0.1, 0.15) is 67.9 Å². The molecule has 1 saturated carbocycles. The van der Waals surface area contributed by atoms with E-state index >= 15 is 0 Å². The number of carbonyl (C=O) groups excluding carboxylic acids is 2. The van der Waals surface area contributed by atoms with Crippen molar-refractivity contribution in [3.05, 3.63) is 28.8 Å². The summed E-state index contributed by atoms with van der Waals surface area (Å²) in [5.41, 5.74) is 7.61. The number of nitrogens with two attached hydrogens (primary N) is 1. The zero-order chi connectivity index (χ0) is 17.0. The number of phenols is 1. The molecule has 0 bridgehead atoms. The molecule has 4 nitrogen and oxygen atoms in total. The van der Waals surface area contributed by atoms with Crippen LogP contribution in [0.15, 0.2) is 12.1 Å². The molecule has 23 heavy (non-hydrogen) atoms. The lowest BCUT2D eigenvalue weighted by Crippen LogP contribution is -2.54. The van der Waals surface area contributed by atoms with Gasteiger partial charge in [-0.1, -0.05) is 26.3 Å². The first-order valence-corrected chi connectivity index (χ1v) is 8.38. The van der Waals surface area contributed by atoms with Gasteiger partial charge in [0.25, 0.3) is 0 Å². The quantitative estimate of drug-likeness (QED) is 0.823. The molecule has 3 rings (SSSR count). The maximum absolute atomic E-state index is 12.1. The molecule has 0 spiro atoms. The molecule has 1 fully saturated rings. The van der Waals surface area contributed by atoms with Gasteiger partial charge >= 0.3 is 0 Å². The molecule has 3 N–H and O–H groups in total. The number of Topliss-reactive ketones (excluding diaryl/α,β-unsaturated/α-hetero) is 1. The van der Waals surface area contributed by atoms with Crippen molar-refractivity contribution in [3.8, 4) is 5.75 Å². The molecule has 124 valence electrons. The number of hydrogen-bond donors (Lipinski definition) is 2. The van der Waals surface area contributed by atoms with Crippen LogP contribution in [0.2, 0.25) is 0 Å². The minimum Gasteiger partial charge on any atom is -0.507 e. The summed E-state index contributed by atoms with van der Waals surface area (Å²) in [6.45, 7) is 5.68. The molecule has 2 aliphatic rings. The third-order valence-electron chi connectivity index (χ3n) is 6.43. The van der Waals surface area contributed by atoms with E-state index in [1.165, 1.54) is 6.92 Å². The van der Waals surface area contributed by atoms with E-state index in [1.807, 2.05) is 13.0 Å². The van der Waals surface area contributed by atoms with Crippen LogP contribution >= 0.6 is 0 Å². The molecular formula is C19H25NO3. The third kappa shape index (κ3) is 2.11. The van der Waals surface area contributed by atoms with E-state index in [-0.39, 0.29) is 28.8 Å². The average Bonchev–Trinajstić information content (AvgIpc) is 2.45. The van der Waals surface area contributed by atoms with Gasteiger partial charge in [0.2, 0.25) is 5.91 Å². The molecule has 0 aromatic heterocycles. The van der Waals surface area contributed by atoms with Crippen molar-refractivity contribution in [2.75, 3.05) is 0 Å². The highest BCUT2D eigenvalue weighted by Crippen LogP contribution is 2.57. The molecule has 1 aromatic rings. The Balaban J connectivity index is 2.19. The van der Waals surface area contributed by atoms with Crippen molar-refractivity contribution in [3.63, 3.8) is 0 Å². The number of amides is 1. The van der Waals surface area contributed by atoms with Gasteiger partial charge in [-0.25, -0.2) is 0 Å². The van der Waals surface area contributed by atoms with Crippen molar-refractivity contribution in [2.45, 2.75) is 58.3 Å². The Bertz CT molecular complexity index is 696. The van der Waals surface area contributed by atoms with Crippen molar-refractivity contribution >= 4 is 11.7 Å². The first-order chi connectivity index (χ1) is 10.7. The van der Waals surface area contributed by atoms with Gasteiger partial charge in [0.15, 0.2) is 5.78 Å². The standard InChI is InChI=1S/C19H25NO3/c1-11(21)16-12-5-8-15-18(2,13(12)6-7-14(16)22)9-4-10-19(15,3)17(20)23/h6-7,15,22H,4-5,8-10H2,1-3H3,(H2,20,23). The smallest absolute Gasteiger partial charge is 0.223 e. The maximum atomic E-state index is 12.1. The van der Waals surface area contributed by atoms with Gasteiger partial charge < -0.3 is 10.8 Å². The Morgan fingerprint density at radius 2 is 1.96 bits per heavy atom. The SMILES string of the molecule is CC(=O)c1c(O)ccc2c1CCC1C(C)(C(N)=O)CCCC21C. The molecule has 0 saturated heterocycles. The summed E-state index contributed by atoms with van der Waals surface area (Å²) in [6, 6.07) is 3.56. The number of fused-ring (bicyclic) bond motifs is 3. The number of aromatic hydroxyl groups is 1. The fourth-order valence-electron chi connectivity index (χ4n) is 5.24. The van der Waals surface area contributed by atoms with E-state index in [2.05, 4.69) is 6.92 Å². The summed E-state index contributed by atoms with van der Waals surface area (Å²) in [7, 11) is 0. The largest absolute Gasteiger partial charge is 0.507 e. The number of carbonyl (C=O) groups is 2. The summed E-state index contributed by atoms with van der Waals surface area (Å²) in [4.78, 5) is 24.1. The van der Waals surface area contributed by atoms with Crippen molar-refractivity contribution in [1.29, 1.82) is 0 Å². The summed E-state index contributed by atoms with van der Waals surface area (Å²) in [5, 5.41) is 10.1. The molecule has 0 aliphatic heterocycles. The predicted octanol–water partition coefficient (Wildman–Crippen LogP) is 3.09. The van der Waals surface area contributed by atoms with Crippen LogP contribution in [-0.4, -0.2) is 16.8 Å². The van der Waals surface area contributed by atoms with Crippen molar-refractivity contribution < 1.29 is 14.7 Å². The molecule has 4 heteroatoms. The third-order valence-corrected chi connectivity index (χ3v) is 6.43. The topological polar surface area (TPSA) is 80.4 Å². The van der Waals surface area contributed by atoms with E-state index in [4.69, 9.17) is 5.73 Å². The molecule has 1 aromatic carbocycles. The van der Waals surface area contributed by atoms with Crippen LogP contribution in [-0.2, 0) is 16.6 Å². The van der Waals surface area contributed by atoms with Crippen LogP contribution in [0.4, 0.5) is 0 Å². The monoisotopic (exact) mass is 315 g/mol. The summed E-state index contributed by atoms with van der Waals surface area (Å²) in [5.74, 6) is -0.0813. The van der Waals surface area contributed by atoms with Crippen LogP contribution in [0, 0.1) is 11.3 Å². The number of hydrogen-bond acceptors (Lipinski definition) is 3. The van der Waals surface area contributed by atoms with Crippen LogP contribution in [0.25, 0.3) is 0 Å². The van der Waals surface area contributed by atoms with E-state index in [0.717, 1.165) is 36.8 Å².